The van der Waals surface area contributed by atoms with Gasteiger partial charge in [0.15, 0.2) is 9.84 Å². The predicted octanol–water partition coefficient (Wildman–Crippen LogP) is 2.38. The summed E-state index contributed by atoms with van der Waals surface area (Å²) in [5, 5.41) is 13.2. The van der Waals surface area contributed by atoms with Crippen molar-refractivity contribution >= 4 is 21.4 Å². The standard InChI is InChI=1S/C24H28ClN3O4S/c1-33(29,30)24(16-31-17-24)20-2-4-23(5-3-20)32-15-22-14-28(9-7-27-22)8-6-18-10-19(13-26)12-21(25)11-18/h2-5,10-12,22,27H,6-9,14-17H2,1H3. The van der Waals surface area contributed by atoms with Gasteiger partial charge in [-0.2, -0.15) is 5.26 Å². The first-order chi connectivity index (χ1) is 15.8. The summed E-state index contributed by atoms with van der Waals surface area (Å²) in [5.41, 5.74) is 2.39. The lowest BCUT2D eigenvalue weighted by Gasteiger charge is -2.40. The lowest BCUT2D eigenvalue weighted by molar-refractivity contribution is -0.0156. The molecule has 7 nitrogen and oxygen atoms in total. The van der Waals surface area contributed by atoms with Crippen LogP contribution in [-0.2, 0) is 25.7 Å². The van der Waals surface area contributed by atoms with Crippen molar-refractivity contribution in [3.63, 3.8) is 0 Å². The maximum Gasteiger partial charge on any atom is 0.161 e. The molecule has 2 fully saturated rings. The summed E-state index contributed by atoms with van der Waals surface area (Å²) in [7, 11) is -3.27. The van der Waals surface area contributed by atoms with Crippen LogP contribution < -0.4 is 10.1 Å². The van der Waals surface area contributed by atoms with Crippen molar-refractivity contribution < 1.29 is 17.9 Å². The molecule has 9 heteroatoms. The van der Waals surface area contributed by atoms with Crippen LogP contribution in [0.25, 0.3) is 0 Å². The van der Waals surface area contributed by atoms with Crippen LogP contribution in [0.15, 0.2) is 42.5 Å². The number of halogens is 1. The average molecular weight is 490 g/mol. The lowest BCUT2D eigenvalue weighted by Crippen LogP contribution is -2.53. The fourth-order valence-corrected chi connectivity index (χ4v) is 5.71. The fraction of sp³-hybridized carbons (Fsp3) is 0.458. The summed E-state index contributed by atoms with van der Waals surface area (Å²) in [6.07, 6.45) is 2.09. The van der Waals surface area contributed by atoms with Gasteiger partial charge in [0, 0.05) is 37.5 Å². The first kappa shape index (κ1) is 24.0. The molecule has 4 rings (SSSR count). The van der Waals surface area contributed by atoms with Crippen molar-refractivity contribution in [1.29, 1.82) is 5.26 Å². The molecule has 0 spiro atoms. The molecule has 0 saturated carbocycles. The van der Waals surface area contributed by atoms with E-state index in [1.807, 2.05) is 36.4 Å². The van der Waals surface area contributed by atoms with E-state index >= 15 is 0 Å². The Hall–Kier alpha value is -2.15. The van der Waals surface area contributed by atoms with Crippen LogP contribution in [0, 0.1) is 11.3 Å². The number of hydrogen-bond acceptors (Lipinski definition) is 7. The van der Waals surface area contributed by atoms with Gasteiger partial charge in [-0.1, -0.05) is 23.7 Å². The second kappa shape index (κ2) is 10.00. The van der Waals surface area contributed by atoms with Gasteiger partial charge in [0.25, 0.3) is 0 Å². The fourth-order valence-electron chi connectivity index (χ4n) is 4.29. The SMILES string of the molecule is CS(=O)(=O)C1(c2ccc(OCC3CN(CCc4cc(Cl)cc(C#N)c4)CCN3)cc2)COC1. The molecule has 0 radical (unpaired) electrons. The molecule has 176 valence electrons. The van der Waals surface area contributed by atoms with Crippen molar-refractivity contribution in [1.82, 2.24) is 10.2 Å². The van der Waals surface area contributed by atoms with E-state index in [-0.39, 0.29) is 19.3 Å². The molecule has 0 amide bonds. The van der Waals surface area contributed by atoms with Crippen LogP contribution in [0.1, 0.15) is 16.7 Å². The van der Waals surface area contributed by atoms with Crippen LogP contribution in [0.5, 0.6) is 5.75 Å². The maximum absolute atomic E-state index is 12.2. The van der Waals surface area contributed by atoms with Crippen molar-refractivity contribution in [2.75, 3.05) is 52.3 Å². The Labute approximate surface area is 200 Å². The highest BCUT2D eigenvalue weighted by Gasteiger charge is 2.49. The van der Waals surface area contributed by atoms with Gasteiger partial charge >= 0.3 is 0 Å². The van der Waals surface area contributed by atoms with Gasteiger partial charge in [-0.05, 0) is 47.9 Å². The van der Waals surface area contributed by atoms with E-state index in [0.29, 0.717) is 22.9 Å². The van der Waals surface area contributed by atoms with E-state index in [4.69, 9.17) is 26.3 Å². The first-order valence-corrected chi connectivity index (χ1v) is 13.2. The number of hydrogen-bond donors (Lipinski definition) is 1. The third kappa shape index (κ3) is 5.51. The molecule has 2 saturated heterocycles. The summed E-state index contributed by atoms with van der Waals surface area (Å²) >= 11 is 6.11. The molecule has 0 aliphatic carbocycles. The molecule has 1 N–H and O–H groups in total. The number of ether oxygens (including phenoxy) is 2. The number of nitriles is 1. The monoisotopic (exact) mass is 489 g/mol. The molecule has 2 aliphatic heterocycles. The van der Waals surface area contributed by atoms with Crippen molar-refractivity contribution in [2.45, 2.75) is 17.2 Å². The van der Waals surface area contributed by atoms with Gasteiger partial charge in [0.1, 0.15) is 17.1 Å². The van der Waals surface area contributed by atoms with Gasteiger partial charge in [0.05, 0.1) is 30.9 Å². The van der Waals surface area contributed by atoms with Gasteiger partial charge in [-0.15, -0.1) is 0 Å². The Morgan fingerprint density at radius 2 is 2.03 bits per heavy atom. The predicted molar refractivity (Wildman–Crippen MR) is 127 cm³/mol. The highest BCUT2D eigenvalue weighted by molar-refractivity contribution is 7.91. The minimum atomic E-state index is -3.27. The third-order valence-corrected chi connectivity index (χ3v) is 8.46. The average Bonchev–Trinajstić information content (AvgIpc) is 2.75. The smallest absolute Gasteiger partial charge is 0.161 e. The van der Waals surface area contributed by atoms with Crippen LogP contribution in [0.2, 0.25) is 5.02 Å². The van der Waals surface area contributed by atoms with Crippen LogP contribution in [0.4, 0.5) is 0 Å². The Kier molecular flexibility index (Phi) is 7.27. The summed E-state index contributed by atoms with van der Waals surface area (Å²) in [5.74, 6) is 0.713. The highest BCUT2D eigenvalue weighted by atomic mass is 35.5. The Balaban J connectivity index is 1.29. The zero-order chi connectivity index (χ0) is 23.5. The Bertz CT molecular complexity index is 1130. The second-order valence-electron chi connectivity index (χ2n) is 8.76. The summed E-state index contributed by atoms with van der Waals surface area (Å²) in [6, 6.07) is 15.1. The van der Waals surface area contributed by atoms with Gasteiger partial charge < -0.3 is 19.7 Å². The zero-order valence-corrected chi connectivity index (χ0v) is 20.2. The minimum absolute atomic E-state index is 0.190. The molecule has 2 aromatic carbocycles. The quantitative estimate of drug-likeness (QED) is 0.608. The molecule has 0 bridgehead atoms. The van der Waals surface area contributed by atoms with E-state index in [2.05, 4.69) is 16.3 Å². The van der Waals surface area contributed by atoms with E-state index in [0.717, 1.165) is 43.7 Å². The topological polar surface area (TPSA) is 91.7 Å². The number of nitrogens with zero attached hydrogens (tertiary/aromatic N) is 2. The number of sulfone groups is 1. The first-order valence-electron chi connectivity index (χ1n) is 10.9. The van der Waals surface area contributed by atoms with Crippen molar-refractivity contribution in [3.05, 3.63) is 64.2 Å². The van der Waals surface area contributed by atoms with Crippen molar-refractivity contribution in [2.24, 2.45) is 0 Å². The summed E-state index contributed by atoms with van der Waals surface area (Å²) < 4.78 is 34.7. The Morgan fingerprint density at radius 1 is 1.27 bits per heavy atom. The van der Waals surface area contributed by atoms with Crippen LogP contribution >= 0.6 is 11.6 Å². The van der Waals surface area contributed by atoms with E-state index in [9.17, 15) is 8.42 Å². The molecule has 0 aromatic heterocycles. The summed E-state index contributed by atoms with van der Waals surface area (Å²) in [4.78, 5) is 2.38. The molecule has 2 heterocycles. The zero-order valence-electron chi connectivity index (χ0n) is 18.6. The van der Waals surface area contributed by atoms with Gasteiger partial charge in [-0.25, -0.2) is 8.42 Å². The van der Waals surface area contributed by atoms with Crippen molar-refractivity contribution in [3.8, 4) is 11.8 Å². The molecular formula is C24H28ClN3O4S. The number of rotatable bonds is 8. The second-order valence-corrected chi connectivity index (χ2v) is 11.5. The molecule has 2 aromatic rings. The maximum atomic E-state index is 12.2. The molecule has 33 heavy (non-hydrogen) atoms. The van der Waals surface area contributed by atoms with Gasteiger partial charge in [-0.3, -0.25) is 0 Å². The highest BCUT2D eigenvalue weighted by Crippen LogP contribution is 2.38. The van der Waals surface area contributed by atoms with Crippen LogP contribution in [-0.4, -0.2) is 71.6 Å². The normalized spacial score (nSPS) is 20.6. The molecule has 2 aliphatic rings. The summed E-state index contributed by atoms with van der Waals surface area (Å²) in [6.45, 7) is 4.48. The molecule has 1 unspecified atom stereocenters. The van der Waals surface area contributed by atoms with E-state index in [1.54, 1.807) is 6.07 Å². The Morgan fingerprint density at radius 3 is 2.67 bits per heavy atom. The van der Waals surface area contributed by atoms with Crippen LogP contribution in [0.3, 0.4) is 0 Å². The minimum Gasteiger partial charge on any atom is -0.492 e. The third-order valence-electron chi connectivity index (χ3n) is 6.35. The lowest BCUT2D eigenvalue weighted by atomic mass is 9.96. The number of piperazine rings is 1. The number of benzene rings is 2. The molecular weight excluding hydrogens is 462 g/mol. The number of nitrogens with one attached hydrogen (secondary N) is 1. The van der Waals surface area contributed by atoms with E-state index in [1.165, 1.54) is 6.26 Å². The largest absolute Gasteiger partial charge is 0.492 e. The molecule has 1 atom stereocenters. The van der Waals surface area contributed by atoms with E-state index < -0.39 is 14.6 Å². The van der Waals surface area contributed by atoms with Gasteiger partial charge in [0.2, 0.25) is 0 Å².